The summed E-state index contributed by atoms with van der Waals surface area (Å²) in [5, 5.41) is 9.05. The van der Waals surface area contributed by atoms with Crippen LogP contribution in [0.3, 0.4) is 0 Å². The summed E-state index contributed by atoms with van der Waals surface area (Å²) in [5.74, 6) is -0.0155. The average Bonchev–Trinajstić information content (AvgIpc) is 2.34. The van der Waals surface area contributed by atoms with Crippen LogP contribution in [0.4, 0.5) is 5.69 Å². The summed E-state index contributed by atoms with van der Waals surface area (Å²) in [5.41, 5.74) is 5.85. The van der Waals surface area contributed by atoms with Crippen molar-refractivity contribution in [2.75, 3.05) is 5.73 Å². The number of hydrogen-bond acceptors (Lipinski definition) is 3. The van der Waals surface area contributed by atoms with Crippen molar-refractivity contribution in [2.24, 2.45) is 0 Å². The highest BCUT2D eigenvalue weighted by molar-refractivity contribution is 14.1. The van der Waals surface area contributed by atoms with E-state index >= 15 is 0 Å². The van der Waals surface area contributed by atoms with E-state index in [-0.39, 0.29) is 11.3 Å². The van der Waals surface area contributed by atoms with E-state index in [2.05, 4.69) is 38.5 Å². The van der Waals surface area contributed by atoms with Crippen molar-refractivity contribution in [1.29, 1.82) is 0 Å². The number of carbonyl (C=O) groups is 1. The number of hydrogen-bond donors (Lipinski definition) is 2. The quantitative estimate of drug-likeness (QED) is 0.564. The van der Waals surface area contributed by atoms with E-state index in [4.69, 9.17) is 15.6 Å². The first-order valence-corrected chi connectivity index (χ1v) is 7.11. The minimum atomic E-state index is -1.09. The van der Waals surface area contributed by atoms with Crippen LogP contribution in [-0.2, 0) is 0 Å². The van der Waals surface area contributed by atoms with Gasteiger partial charge in [0.1, 0.15) is 11.5 Å². The van der Waals surface area contributed by atoms with Crippen LogP contribution >= 0.6 is 38.5 Å². The number of aromatic carboxylic acids is 1. The van der Waals surface area contributed by atoms with Crippen LogP contribution in [0.15, 0.2) is 40.9 Å². The Balaban J connectivity index is 2.43. The highest BCUT2D eigenvalue weighted by Gasteiger charge is 2.14. The fraction of sp³-hybridized carbons (Fsp3) is 0. The normalized spacial score (nSPS) is 10.2. The zero-order valence-corrected chi connectivity index (χ0v) is 13.3. The lowest BCUT2D eigenvalue weighted by atomic mass is 10.2. The van der Waals surface area contributed by atoms with Crippen LogP contribution in [0.25, 0.3) is 0 Å². The Kier molecular flexibility index (Phi) is 4.31. The minimum absolute atomic E-state index is 0.0177. The summed E-state index contributed by atoms with van der Waals surface area (Å²) < 4.78 is 7.25. The molecule has 0 aliphatic heterocycles. The van der Waals surface area contributed by atoms with Crippen molar-refractivity contribution in [3.05, 3.63) is 50.0 Å². The summed E-state index contributed by atoms with van der Waals surface area (Å²) in [4.78, 5) is 11.1. The lowest BCUT2D eigenvalue weighted by Gasteiger charge is -2.11. The molecule has 0 aliphatic carbocycles. The van der Waals surface area contributed by atoms with Gasteiger partial charge in [0.15, 0.2) is 0 Å². The largest absolute Gasteiger partial charge is 0.478 e. The molecule has 0 aliphatic rings. The molecule has 0 spiro atoms. The predicted octanol–water partition coefficient (Wildman–Crippen LogP) is 4.13. The molecule has 0 unspecified atom stereocenters. The minimum Gasteiger partial charge on any atom is -0.478 e. The average molecular weight is 434 g/mol. The third-order valence-electron chi connectivity index (χ3n) is 2.39. The van der Waals surface area contributed by atoms with Gasteiger partial charge in [-0.15, -0.1) is 0 Å². The molecule has 98 valence electrons. The van der Waals surface area contributed by atoms with Gasteiger partial charge in [0.25, 0.3) is 0 Å². The molecule has 4 nitrogen and oxygen atoms in total. The Morgan fingerprint density at radius 1 is 1.26 bits per heavy atom. The second-order valence-electron chi connectivity index (χ2n) is 3.71. The van der Waals surface area contributed by atoms with Gasteiger partial charge in [0.05, 0.1) is 13.6 Å². The first kappa shape index (κ1) is 14.1. The van der Waals surface area contributed by atoms with Gasteiger partial charge < -0.3 is 15.6 Å². The maximum atomic E-state index is 11.1. The van der Waals surface area contributed by atoms with Crippen LogP contribution in [0.2, 0.25) is 0 Å². The molecule has 0 bridgehead atoms. The number of carboxylic acid groups (broad SMARTS) is 1. The first-order chi connectivity index (χ1) is 8.99. The van der Waals surface area contributed by atoms with Crippen LogP contribution < -0.4 is 10.5 Å². The molecule has 2 aromatic carbocycles. The standard InChI is InChI=1S/C13H9BrINO3/c14-8-6-10(16)7(13(17)18)5-12(8)19-11-4-2-1-3-9(11)15/h1-6H,16H2,(H,17,18). The maximum Gasteiger partial charge on any atom is 0.337 e. The van der Waals surface area contributed by atoms with E-state index in [1.807, 2.05) is 24.3 Å². The molecule has 0 radical (unpaired) electrons. The molecule has 0 saturated carbocycles. The molecule has 2 rings (SSSR count). The van der Waals surface area contributed by atoms with E-state index in [0.717, 1.165) is 3.57 Å². The van der Waals surface area contributed by atoms with Crippen molar-refractivity contribution >= 4 is 50.2 Å². The maximum absolute atomic E-state index is 11.1. The van der Waals surface area contributed by atoms with E-state index in [1.165, 1.54) is 12.1 Å². The molecule has 0 atom stereocenters. The number of benzene rings is 2. The van der Waals surface area contributed by atoms with Gasteiger partial charge >= 0.3 is 5.97 Å². The topological polar surface area (TPSA) is 72.5 Å². The Morgan fingerprint density at radius 2 is 1.95 bits per heavy atom. The number of halogens is 2. The van der Waals surface area contributed by atoms with E-state index in [9.17, 15) is 4.79 Å². The lowest BCUT2D eigenvalue weighted by Crippen LogP contribution is -2.03. The van der Waals surface area contributed by atoms with E-state index in [0.29, 0.717) is 16.0 Å². The molecule has 2 aromatic rings. The second kappa shape index (κ2) is 5.79. The third-order valence-corrected chi connectivity index (χ3v) is 3.90. The Hall–Kier alpha value is -1.28. The van der Waals surface area contributed by atoms with Gasteiger partial charge in [-0.2, -0.15) is 0 Å². The van der Waals surface area contributed by atoms with Crippen LogP contribution in [-0.4, -0.2) is 11.1 Å². The fourth-order valence-electron chi connectivity index (χ4n) is 1.48. The molecule has 0 saturated heterocycles. The molecule has 3 N–H and O–H groups in total. The number of ether oxygens (including phenoxy) is 1. The van der Waals surface area contributed by atoms with Crippen LogP contribution in [0, 0.1) is 3.57 Å². The van der Waals surface area contributed by atoms with Crippen molar-refractivity contribution in [3.8, 4) is 11.5 Å². The lowest BCUT2D eigenvalue weighted by molar-refractivity contribution is 0.0697. The molecule has 19 heavy (non-hydrogen) atoms. The molecule has 0 fully saturated rings. The summed E-state index contributed by atoms with van der Waals surface area (Å²) in [7, 11) is 0. The van der Waals surface area contributed by atoms with Crippen LogP contribution in [0.5, 0.6) is 11.5 Å². The first-order valence-electron chi connectivity index (χ1n) is 5.23. The monoisotopic (exact) mass is 433 g/mol. The Morgan fingerprint density at radius 3 is 2.58 bits per heavy atom. The second-order valence-corrected chi connectivity index (χ2v) is 5.72. The van der Waals surface area contributed by atoms with Gasteiger partial charge in [0.2, 0.25) is 0 Å². The van der Waals surface area contributed by atoms with Gasteiger partial charge in [0, 0.05) is 5.69 Å². The molecule has 0 amide bonds. The summed E-state index contributed by atoms with van der Waals surface area (Å²) in [6, 6.07) is 10.4. The van der Waals surface area contributed by atoms with Gasteiger partial charge in [-0.05, 0) is 62.8 Å². The zero-order valence-electron chi connectivity index (χ0n) is 9.56. The molecular weight excluding hydrogens is 425 g/mol. The predicted molar refractivity (Wildman–Crippen MR) is 84.7 cm³/mol. The highest BCUT2D eigenvalue weighted by Crippen LogP contribution is 2.35. The molecular formula is C13H9BrINO3. The van der Waals surface area contributed by atoms with Crippen molar-refractivity contribution in [3.63, 3.8) is 0 Å². The number of carboxylic acids is 1. The number of nitrogen functional groups attached to an aromatic ring is 1. The third kappa shape index (κ3) is 3.19. The van der Waals surface area contributed by atoms with Gasteiger partial charge in [-0.3, -0.25) is 0 Å². The smallest absolute Gasteiger partial charge is 0.337 e. The molecule has 0 aromatic heterocycles. The highest BCUT2D eigenvalue weighted by atomic mass is 127. The summed E-state index contributed by atoms with van der Waals surface area (Å²) >= 11 is 5.46. The Labute approximate surface area is 131 Å². The number of rotatable bonds is 3. The SMILES string of the molecule is Nc1cc(Br)c(Oc2ccccc2I)cc1C(=O)O. The number of para-hydroxylation sites is 1. The van der Waals surface area contributed by atoms with Crippen molar-refractivity contribution in [1.82, 2.24) is 0 Å². The van der Waals surface area contributed by atoms with Crippen molar-refractivity contribution in [2.45, 2.75) is 0 Å². The summed E-state index contributed by atoms with van der Waals surface area (Å²) in [6.45, 7) is 0. The van der Waals surface area contributed by atoms with Crippen LogP contribution in [0.1, 0.15) is 10.4 Å². The number of nitrogens with two attached hydrogens (primary N) is 1. The van der Waals surface area contributed by atoms with Gasteiger partial charge in [-0.25, -0.2) is 4.79 Å². The summed E-state index contributed by atoms with van der Waals surface area (Å²) in [6.07, 6.45) is 0. The van der Waals surface area contributed by atoms with E-state index in [1.54, 1.807) is 0 Å². The molecule has 6 heteroatoms. The van der Waals surface area contributed by atoms with E-state index < -0.39 is 5.97 Å². The zero-order chi connectivity index (χ0) is 14.0. The Bertz CT molecular complexity index is 646. The number of anilines is 1. The molecule has 0 heterocycles. The van der Waals surface area contributed by atoms with Gasteiger partial charge in [-0.1, -0.05) is 12.1 Å². The fourth-order valence-corrected chi connectivity index (χ4v) is 2.42. The van der Waals surface area contributed by atoms with Crippen molar-refractivity contribution < 1.29 is 14.6 Å².